The molecule has 1 N–H and O–H groups in total. The van der Waals surface area contributed by atoms with Gasteiger partial charge in [-0.25, -0.2) is 4.79 Å². The van der Waals surface area contributed by atoms with Crippen LogP contribution in [0.3, 0.4) is 0 Å². The van der Waals surface area contributed by atoms with Crippen LogP contribution in [0.2, 0.25) is 0 Å². The first-order valence-electron chi connectivity index (χ1n) is 6.57. The van der Waals surface area contributed by atoms with E-state index in [9.17, 15) is 4.79 Å². The van der Waals surface area contributed by atoms with Gasteiger partial charge in [0, 0.05) is 26.2 Å². The van der Waals surface area contributed by atoms with E-state index >= 15 is 0 Å². The van der Waals surface area contributed by atoms with E-state index in [1.165, 1.54) is 0 Å². The number of ether oxygens (including phenoxy) is 1. The average molecular weight is 242 g/mol. The Kier molecular flexibility index (Phi) is 4.62. The molecule has 2 saturated heterocycles. The van der Waals surface area contributed by atoms with Gasteiger partial charge in [0.25, 0.3) is 0 Å². The fraction of sp³-hybridized carbons (Fsp3) is 0.917. The van der Waals surface area contributed by atoms with E-state index in [-0.39, 0.29) is 18.7 Å². The number of aliphatic hydroxyl groups is 1. The monoisotopic (exact) mass is 242 g/mol. The summed E-state index contributed by atoms with van der Waals surface area (Å²) < 4.78 is 5.48. The highest BCUT2D eigenvalue weighted by molar-refractivity contribution is 5.74. The Morgan fingerprint density at radius 3 is 2.29 bits per heavy atom. The van der Waals surface area contributed by atoms with Crippen molar-refractivity contribution in [2.75, 3.05) is 39.4 Å². The van der Waals surface area contributed by atoms with E-state index in [1.807, 2.05) is 9.80 Å². The first kappa shape index (κ1) is 12.6. The molecule has 17 heavy (non-hydrogen) atoms. The normalized spacial score (nSPS) is 22.2. The molecule has 0 spiro atoms. The Bertz CT molecular complexity index is 246. The van der Waals surface area contributed by atoms with Crippen molar-refractivity contribution in [3.8, 4) is 0 Å². The van der Waals surface area contributed by atoms with Crippen molar-refractivity contribution in [2.24, 2.45) is 0 Å². The minimum absolute atomic E-state index is 0.0763. The predicted octanol–water partition coefficient (Wildman–Crippen LogP) is 0.675. The van der Waals surface area contributed by atoms with Crippen LogP contribution in [0.5, 0.6) is 0 Å². The van der Waals surface area contributed by atoms with Crippen LogP contribution >= 0.6 is 0 Å². The molecular formula is C12H22N2O3. The fourth-order valence-corrected chi connectivity index (χ4v) is 2.54. The second-order valence-electron chi connectivity index (χ2n) is 4.76. The van der Waals surface area contributed by atoms with Gasteiger partial charge in [-0.15, -0.1) is 0 Å². The Hall–Kier alpha value is -0.810. The number of rotatable bonds is 3. The molecule has 2 heterocycles. The summed E-state index contributed by atoms with van der Waals surface area (Å²) in [6.07, 6.45) is 4.27. The van der Waals surface area contributed by atoms with Gasteiger partial charge in [0.1, 0.15) is 0 Å². The van der Waals surface area contributed by atoms with E-state index in [0.29, 0.717) is 6.61 Å². The van der Waals surface area contributed by atoms with Crippen LogP contribution in [0.1, 0.15) is 25.7 Å². The van der Waals surface area contributed by atoms with Gasteiger partial charge in [-0.05, 0) is 25.7 Å². The lowest BCUT2D eigenvalue weighted by Crippen LogP contribution is -2.47. The number of aliphatic hydroxyl groups excluding tert-OH is 1. The number of amides is 2. The van der Waals surface area contributed by atoms with Crippen LogP contribution in [0, 0.1) is 0 Å². The van der Waals surface area contributed by atoms with Crippen molar-refractivity contribution in [2.45, 2.75) is 31.8 Å². The molecule has 0 bridgehead atoms. The maximum absolute atomic E-state index is 12.1. The third-order valence-corrected chi connectivity index (χ3v) is 3.53. The molecule has 0 aromatic heterocycles. The van der Waals surface area contributed by atoms with Gasteiger partial charge in [-0.2, -0.15) is 0 Å². The molecule has 0 saturated carbocycles. The van der Waals surface area contributed by atoms with Gasteiger partial charge in [0.2, 0.25) is 0 Å². The summed E-state index contributed by atoms with van der Waals surface area (Å²) in [4.78, 5) is 16.0. The molecule has 0 aromatic rings. The van der Waals surface area contributed by atoms with Gasteiger partial charge in [0.05, 0.1) is 19.3 Å². The summed E-state index contributed by atoms with van der Waals surface area (Å²) >= 11 is 0. The van der Waals surface area contributed by atoms with E-state index in [4.69, 9.17) is 9.84 Å². The number of carbonyl (C=O) groups excluding carboxylic acids is 1. The van der Waals surface area contributed by atoms with Crippen LogP contribution in [0.15, 0.2) is 0 Å². The molecule has 2 amide bonds. The summed E-state index contributed by atoms with van der Waals surface area (Å²) in [5.41, 5.74) is 0. The Morgan fingerprint density at radius 2 is 1.71 bits per heavy atom. The number of likely N-dealkylation sites (tertiary alicyclic amines) is 2. The van der Waals surface area contributed by atoms with Crippen molar-refractivity contribution in [1.29, 1.82) is 0 Å². The number of hydrogen-bond donors (Lipinski definition) is 1. The molecule has 0 aliphatic carbocycles. The van der Waals surface area contributed by atoms with E-state index in [2.05, 4.69) is 0 Å². The smallest absolute Gasteiger partial charge is 0.320 e. The molecule has 0 radical (unpaired) electrons. The highest BCUT2D eigenvalue weighted by Crippen LogP contribution is 2.17. The molecule has 2 fully saturated rings. The lowest BCUT2D eigenvalue weighted by Gasteiger charge is -2.34. The predicted molar refractivity (Wildman–Crippen MR) is 63.8 cm³/mol. The molecular weight excluding hydrogens is 220 g/mol. The summed E-state index contributed by atoms with van der Waals surface area (Å²) in [6.45, 7) is 3.88. The second-order valence-corrected chi connectivity index (χ2v) is 4.76. The molecule has 2 aliphatic rings. The van der Waals surface area contributed by atoms with Crippen LogP contribution in [0.25, 0.3) is 0 Å². The van der Waals surface area contributed by atoms with Crippen LogP contribution < -0.4 is 0 Å². The number of urea groups is 1. The number of carbonyl (C=O) groups is 1. The topological polar surface area (TPSA) is 53.0 Å². The third-order valence-electron chi connectivity index (χ3n) is 3.53. The first-order chi connectivity index (χ1) is 8.31. The minimum atomic E-state index is 0.0763. The zero-order chi connectivity index (χ0) is 12.1. The van der Waals surface area contributed by atoms with E-state index in [1.54, 1.807) is 0 Å². The molecule has 0 unspecified atom stereocenters. The zero-order valence-electron chi connectivity index (χ0n) is 10.3. The summed E-state index contributed by atoms with van der Waals surface area (Å²) in [5, 5.41) is 8.68. The Balaban J connectivity index is 1.72. The lowest BCUT2D eigenvalue weighted by atomic mass is 10.1. The molecule has 5 nitrogen and oxygen atoms in total. The third kappa shape index (κ3) is 3.33. The molecule has 2 aliphatic heterocycles. The van der Waals surface area contributed by atoms with Crippen molar-refractivity contribution in [1.82, 2.24) is 9.80 Å². The molecule has 5 heteroatoms. The van der Waals surface area contributed by atoms with Crippen LogP contribution in [-0.4, -0.2) is 66.4 Å². The zero-order valence-corrected chi connectivity index (χ0v) is 10.3. The fourth-order valence-electron chi connectivity index (χ4n) is 2.54. The van der Waals surface area contributed by atoms with Gasteiger partial charge in [0.15, 0.2) is 0 Å². The summed E-state index contributed by atoms with van der Waals surface area (Å²) in [6, 6.07) is 0.197. The lowest BCUT2D eigenvalue weighted by molar-refractivity contribution is -0.00356. The minimum Gasteiger partial charge on any atom is -0.394 e. The maximum atomic E-state index is 12.1. The van der Waals surface area contributed by atoms with Crippen LogP contribution in [0.4, 0.5) is 4.79 Å². The summed E-state index contributed by atoms with van der Waals surface area (Å²) in [5.74, 6) is 0. The Labute approximate surface area is 102 Å². The molecule has 98 valence electrons. The second kappa shape index (κ2) is 6.21. The van der Waals surface area contributed by atoms with Crippen molar-refractivity contribution in [3.05, 3.63) is 0 Å². The van der Waals surface area contributed by atoms with Crippen molar-refractivity contribution in [3.63, 3.8) is 0 Å². The highest BCUT2D eigenvalue weighted by atomic mass is 16.5. The largest absolute Gasteiger partial charge is 0.394 e. The van der Waals surface area contributed by atoms with E-state index < -0.39 is 0 Å². The average Bonchev–Trinajstić information content (AvgIpc) is 2.90. The SMILES string of the molecule is O=C(N1CCCC1)N1CCC(OCCO)CC1. The number of piperidine rings is 1. The highest BCUT2D eigenvalue weighted by Gasteiger charge is 2.27. The van der Waals surface area contributed by atoms with Gasteiger partial charge < -0.3 is 19.6 Å². The number of hydrogen-bond acceptors (Lipinski definition) is 3. The quantitative estimate of drug-likeness (QED) is 0.791. The van der Waals surface area contributed by atoms with E-state index in [0.717, 1.165) is 51.9 Å². The Morgan fingerprint density at radius 1 is 1.12 bits per heavy atom. The summed E-state index contributed by atoms with van der Waals surface area (Å²) in [7, 11) is 0. The maximum Gasteiger partial charge on any atom is 0.320 e. The van der Waals surface area contributed by atoms with Crippen molar-refractivity contribution >= 4 is 6.03 Å². The molecule has 2 rings (SSSR count). The van der Waals surface area contributed by atoms with Gasteiger partial charge in [-0.1, -0.05) is 0 Å². The molecule has 0 atom stereocenters. The number of nitrogens with zero attached hydrogens (tertiary/aromatic N) is 2. The van der Waals surface area contributed by atoms with Gasteiger partial charge in [-0.3, -0.25) is 0 Å². The van der Waals surface area contributed by atoms with Gasteiger partial charge >= 0.3 is 6.03 Å². The standard InChI is InChI=1S/C12H22N2O3/c15-9-10-17-11-3-7-14(8-4-11)12(16)13-5-1-2-6-13/h11,15H,1-10H2. The first-order valence-corrected chi connectivity index (χ1v) is 6.57. The molecule has 0 aromatic carbocycles. The van der Waals surface area contributed by atoms with Crippen LogP contribution in [-0.2, 0) is 4.74 Å². The van der Waals surface area contributed by atoms with Crippen molar-refractivity contribution < 1.29 is 14.6 Å².